The third kappa shape index (κ3) is 5.55. The molecule has 11 heteroatoms. The topological polar surface area (TPSA) is 104 Å². The van der Waals surface area contributed by atoms with Gasteiger partial charge < -0.3 is 5.32 Å². The van der Waals surface area contributed by atoms with Crippen LogP contribution in [-0.4, -0.2) is 53.9 Å². The van der Waals surface area contributed by atoms with Crippen molar-refractivity contribution in [3.8, 4) is 0 Å². The SMILES string of the molecule is C[C@@H](NC(=O)CN(c1ccccc1F)S(=O)(=O)N(C)C)c1ccc(S(C)(=O)=O)cc1. The molecule has 1 amide bonds. The first-order valence-corrected chi connectivity index (χ1v) is 12.2. The van der Waals surface area contributed by atoms with Gasteiger partial charge in [0.25, 0.3) is 0 Å². The first-order chi connectivity index (χ1) is 13.8. The third-order valence-electron chi connectivity index (χ3n) is 4.33. The fraction of sp³-hybridized carbons (Fsp3) is 0.316. The van der Waals surface area contributed by atoms with E-state index < -0.39 is 44.4 Å². The number of hydrogen-bond acceptors (Lipinski definition) is 5. The van der Waals surface area contributed by atoms with E-state index in [1.165, 1.54) is 44.4 Å². The van der Waals surface area contributed by atoms with Crippen LogP contribution in [0.5, 0.6) is 0 Å². The number of carbonyl (C=O) groups is 1. The van der Waals surface area contributed by atoms with Crippen LogP contribution >= 0.6 is 0 Å². The van der Waals surface area contributed by atoms with E-state index in [1.54, 1.807) is 19.1 Å². The normalized spacial score (nSPS) is 13.1. The van der Waals surface area contributed by atoms with Crippen LogP contribution < -0.4 is 9.62 Å². The summed E-state index contributed by atoms with van der Waals surface area (Å²) in [7, 11) is -4.91. The number of halogens is 1. The average Bonchev–Trinajstić information content (AvgIpc) is 2.66. The lowest BCUT2D eigenvalue weighted by molar-refractivity contribution is -0.120. The van der Waals surface area contributed by atoms with E-state index >= 15 is 0 Å². The van der Waals surface area contributed by atoms with Crippen molar-refractivity contribution in [2.45, 2.75) is 17.9 Å². The summed E-state index contributed by atoms with van der Waals surface area (Å²) in [6, 6.07) is 10.7. The van der Waals surface area contributed by atoms with Crippen molar-refractivity contribution in [2.75, 3.05) is 31.2 Å². The van der Waals surface area contributed by atoms with Gasteiger partial charge in [-0.1, -0.05) is 24.3 Å². The van der Waals surface area contributed by atoms with Gasteiger partial charge in [-0.05, 0) is 36.8 Å². The number of hydrogen-bond donors (Lipinski definition) is 1. The fourth-order valence-electron chi connectivity index (χ4n) is 2.65. The lowest BCUT2D eigenvalue weighted by Gasteiger charge is -2.27. The second kappa shape index (κ2) is 9.11. The highest BCUT2D eigenvalue weighted by Gasteiger charge is 2.29. The smallest absolute Gasteiger partial charge is 0.304 e. The standard InChI is InChI=1S/C19H24FN3O5S2/c1-14(15-9-11-16(12-10-15)29(4,25)26)21-19(24)13-23(30(27,28)22(2)3)18-8-6-5-7-17(18)20/h5-12,14H,13H2,1-4H3,(H,21,24)/t14-/m1/s1. The second-order valence-electron chi connectivity index (χ2n) is 6.88. The van der Waals surface area contributed by atoms with Crippen LogP contribution in [0.1, 0.15) is 18.5 Å². The first-order valence-electron chi connectivity index (χ1n) is 8.88. The maximum atomic E-state index is 14.2. The summed E-state index contributed by atoms with van der Waals surface area (Å²) in [6.45, 7) is 1.04. The average molecular weight is 458 g/mol. The second-order valence-corrected chi connectivity index (χ2v) is 11.0. The lowest BCUT2D eigenvalue weighted by Crippen LogP contribution is -2.46. The van der Waals surface area contributed by atoms with Gasteiger partial charge in [0.1, 0.15) is 12.4 Å². The van der Waals surface area contributed by atoms with Crippen molar-refractivity contribution >= 4 is 31.6 Å². The Morgan fingerprint density at radius 1 is 1.03 bits per heavy atom. The van der Waals surface area contributed by atoms with Crippen LogP contribution in [0.4, 0.5) is 10.1 Å². The summed E-state index contributed by atoms with van der Waals surface area (Å²) in [5.41, 5.74) is 0.384. The van der Waals surface area contributed by atoms with E-state index in [2.05, 4.69) is 5.32 Å². The van der Waals surface area contributed by atoms with Crippen LogP contribution in [0.25, 0.3) is 0 Å². The highest BCUT2D eigenvalue weighted by atomic mass is 32.2. The lowest BCUT2D eigenvalue weighted by atomic mass is 10.1. The molecule has 2 aromatic rings. The molecule has 2 rings (SSSR count). The minimum absolute atomic E-state index is 0.146. The number of nitrogens with zero attached hydrogens (tertiary/aromatic N) is 2. The Kier molecular flexibility index (Phi) is 7.22. The molecule has 1 atom stereocenters. The third-order valence-corrected chi connectivity index (χ3v) is 7.27. The van der Waals surface area contributed by atoms with Gasteiger partial charge in [-0.2, -0.15) is 12.7 Å². The van der Waals surface area contributed by atoms with E-state index in [-0.39, 0.29) is 10.6 Å². The number of rotatable bonds is 8. The van der Waals surface area contributed by atoms with Crippen LogP contribution in [0.3, 0.4) is 0 Å². The van der Waals surface area contributed by atoms with Crippen molar-refractivity contribution in [3.05, 3.63) is 59.9 Å². The monoisotopic (exact) mass is 457 g/mol. The van der Waals surface area contributed by atoms with Crippen LogP contribution in [-0.2, 0) is 24.8 Å². The molecule has 30 heavy (non-hydrogen) atoms. The Balaban J connectivity index is 2.23. The minimum Gasteiger partial charge on any atom is -0.348 e. The molecular formula is C19H24FN3O5S2. The van der Waals surface area contributed by atoms with Crippen molar-refractivity contribution in [2.24, 2.45) is 0 Å². The number of benzene rings is 2. The first kappa shape index (κ1) is 23.8. The van der Waals surface area contributed by atoms with Gasteiger partial charge in [-0.25, -0.2) is 17.1 Å². The number of sulfone groups is 1. The van der Waals surface area contributed by atoms with Gasteiger partial charge in [0, 0.05) is 20.4 Å². The van der Waals surface area contributed by atoms with Crippen LogP contribution in [0.15, 0.2) is 53.4 Å². The molecule has 0 radical (unpaired) electrons. The number of amides is 1. The summed E-state index contributed by atoms with van der Waals surface area (Å²) in [6.07, 6.45) is 1.09. The molecule has 2 aromatic carbocycles. The fourth-order valence-corrected chi connectivity index (χ4v) is 4.35. The molecule has 0 aliphatic rings. The van der Waals surface area contributed by atoms with Gasteiger partial charge in [0.15, 0.2) is 9.84 Å². The largest absolute Gasteiger partial charge is 0.348 e. The summed E-state index contributed by atoms with van der Waals surface area (Å²) in [4.78, 5) is 12.7. The molecule has 1 N–H and O–H groups in total. The molecule has 164 valence electrons. The molecule has 0 saturated heterocycles. The van der Waals surface area contributed by atoms with Gasteiger partial charge in [0.2, 0.25) is 5.91 Å². The molecule has 0 aliphatic carbocycles. The Bertz CT molecular complexity index is 1120. The molecule has 0 aliphatic heterocycles. The quantitative estimate of drug-likeness (QED) is 0.650. The molecule has 0 aromatic heterocycles. The van der Waals surface area contributed by atoms with Crippen molar-refractivity contribution in [3.63, 3.8) is 0 Å². The van der Waals surface area contributed by atoms with Crippen LogP contribution in [0.2, 0.25) is 0 Å². The molecule has 0 saturated carbocycles. The predicted molar refractivity (Wildman–Crippen MR) is 112 cm³/mol. The van der Waals surface area contributed by atoms with E-state index in [9.17, 15) is 26.0 Å². The summed E-state index contributed by atoms with van der Waals surface area (Å²) in [5.74, 6) is -1.43. The molecular weight excluding hydrogens is 433 g/mol. The zero-order valence-electron chi connectivity index (χ0n) is 17.0. The van der Waals surface area contributed by atoms with Gasteiger partial charge in [-0.3, -0.25) is 4.79 Å². The van der Waals surface area contributed by atoms with E-state index in [0.717, 1.165) is 16.6 Å². The summed E-state index contributed by atoms with van der Waals surface area (Å²) >= 11 is 0. The Morgan fingerprint density at radius 3 is 2.10 bits per heavy atom. The number of carbonyl (C=O) groups excluding carboxylic acids is 1. The van der Waals surface area contributed by atoms with Gasteiger partial charge in [-0.15, -0.1) is 0 Å². The number of anilines is 1. The zero-order valence-corrected chi connectivity index (χ0v) is 18.7. The minimum atomic E-state index is -4.13. The van der Waals surface area contributed by atoms with Gasteiger partial charge in [0.05, 0.1) is 16.6 Å². The zero-order chi connectivity index (χ0) is 22.7. The van der Waals surface area contributed by atoms with Crippen molar-refractivity contribution in [1.82, 2.24) is 9.62 Å². The van der Waals surface area contributed by atoms with E-state index in [0.29, 0.717) is 9.87 Å². The van der Waals surface area contributed by atoms with Crippen LogP contribution in [0, 0.1) is 5.82 Å². The molecule has 0 fully saturated rings. The summed E-state index contributed by atoms with van der Waals surface area (Å²) < 4.78 is 64.2. The van der Waals surface area contributed by atoms with E-state index in [4.69, 9.17) is 0 Å². The molecule has 0 spiro atoms. The highest BCUT2D eigenvalue weighted by Crippen LogP contribution is 2.23. The molecule has 8 nitrogen and oxygen atoms in total. The highest BCUT2D eigenvalue weighted by molar-refractivity contribution is 7.90. The van der Waals surface area contributed by atoms with Crippen molar-refractivity contribution < 1.29 is 26.0 Å². The Hall–Kier alpha value is -2.50. The maximum absolute atomic E-state index is 14.2. The van der Waals surface area contributed by atoms with Crippen molar-refractivity contribution in [1.29, 1.82) is 0 Å². The van der Waals surface area contributed by atoms with Gasteiger partial charge >= 0.3 is 10.2 Å². The van der Waals surface area contributed by atoms with E-state index in [1.807, 2.05) is 0 Å². The number of nitrogens with one attached hydrogen (secondary N) is 1. The Morgan fingerprint density at radius 2 is 1.60 bits per heavy atom. The molecule has 0 bridgehead atoms. The Labute approximate surface area is 176 Å². The maximum Gasteiger partial charge on any atom is 0.304 e. The summed E-state index contributed by atoms with van der Waals surface area (Å²) in [5, 5.41) is 2.65. The molecule has 0 unspecified atom stereocenters. The predicted octanol–water partition coefficient (Wildman–Crippen LogP) is 1.72. The molecule has 0 heterocycles. The number of para-hydroxylation sites is 1.